The lowest BCUT2D eigenvalue weighted by Crippen LogP contribution is -2.47. The first-order valence-corrected chi connectivity index (χ1v) is 5.20. The number of aliphatic carboxylic acids is 1. The number of rotatable bonds is 5. The summed E-state index contributed by atoms with van der Waals surface area (Å²) in [5.74, 6) is -0.988. The van der Waals surface area contributed by atoms with Gasteiger partial charge < -0.3 is 14.9 Å². The van der Waals surface area contributed by atoms with Gasteiger partial charge in [-0.2, -0.15) is 0 Å². The van der Waals surface area contributed by atoms with Gasteiger partial charge in [-0.25, -0.2) is 9.59 Å². The normalized spacial score (nSPS) is 12.0. The molecule has 1 unspecified atom stereocenters. The van der Waals surface area contributed by atoms with Gasteiger partial charge in [-0.3, -0.25) is 0 Å². The Kier molecular flexibility index (Phi) is 5.74. The van der Waals surface area contributed by atoms with Gasteiger partial charge in [-0.05, 0) is 20.3 Å². The molecule has 88 valence electrons. The quantitative estimate of drug-likeness (QED) is 0.752. The van der Waals surface area contributed by atoms with Gasteiger partial charge in [0.2, 0.25) is 0 Å². The van der Waals surface area contributed by atoms with Crippen molar-refractivity contribution in [3.63, 3.8) is 0 Å². The number of carboxylic acid groups (broad SMARTS) is 1. The van der Waals surface area contributed by atoms with Gasteiger partial charge >= 0.3 is 12.0 Å². The number of nitrogens with zero attached hydrogens (tertiary/aromatic N) is 2. The number of hydrogen-bond donors (Lipinski definition) is 1. The predicted molar refractivity (Wildman–Crippen MR) is 57.8 cm³/mol. The Morgan fingerprint density at radius 3 is 2.20 bits per heavy atom. The van der Waals surface area contributed by atoms with Crippen molar-refractivity contribution >= 4 is 12.0 Å². The van der Waals surface area contributed by atoms with Crippen LogP contribution in [0.4, 0.5) is 4.79 Å². The predicted octanol–water partition coefficient (Wildman–Crippen LogP) is 1.24. The Morgan fingerprint density at radius 2 is 1.87 bits per heavy atom. The van der Waals surface area contributed by atoms with E-state index < -0.39 is 12.0 Å². The SMILES string of the molecule is CCCN(CC)C(=O)N(C)C(C)C(=O)O. The number of likely N-dealkylation sites (N-methyl/N-ethyl adjacent to an activating group) is 1. The maximum atomic E-state index is 11.8. The topological polar surface area (TPSA) is 60.9 Å². The fourth-order valence-corrected chi connectivity index (χ4v) is 1.21. The van der Waals surface area contributed by atoms with E-state index >= 15 is 0 Å². The van der Waals surface area contributed by atoms with Crippen molar-refractivity contribution in [3.8, 4) is 0 Å². The molecule has 1 N–H and O–H groups in total. The van der Waals surface area contributed by atoms with Gasteiger partial charge in [0, 0.05) is 20.1 Å². The van der Waals surface area contributed by atoms with Gasteiger partial charge in [-0.15, -0.1) is 0 Å². The van der Waals surface area contributed by atoms with E-state index in [1.807, 2.05) is 13.8 Å². The standard InChI is InChI=1S/C10H20N2O3/c1-5-7-12(6-2)10(15)11(4)8(3)9(13)14/h8H,5-7H2,1-4H3,(H,13,14). The van der Waals surface area contributed by atoms with Crippen LogP contribution in [0.2, 0.25) is 0 Å². The van der Waals surface area contributed by atoms with E-state index in [1.54, 1.807) is 4.90 Å². The molecule has 1 atom stereocenters. The Morgan fingerprint density at radius 1 is 1.33 bits per heavy atom. The molecule has 0 radical (unpaired) electrons. The third-order valence-electron chi connectivity index (χ3n) is 2.39. The highest BCUT2D eigenvalue weighted by atomic mass is 16.4. The van der Waals surface area contributed by atoms with Crippen LogP contribution in [0.15, 0.2) is 0 Å². The summed E-state index contributed by atoms with van der Waals surface area (Å²) < 4.78 is 0. The van der Waals surface area contributed by atoms with E-state index in [-0.39, 0.29) is 6.03 Å². The lowest BCUT2D eigenvalue weighted by atomic mass is 10.3. The van der Waals surface area contributed by atoms with Crippen LogP contribution in [-0.2, 0) is 4.79 Å². The molecule has 0 saturated heterocycles. The molecule has 0 aliphatic rings. The Bertz CT molecular complexity index is 231. The zero-order valence-corrected chi connectivity index (χ0v) is 9.86. The zero-order valence-electron chi connectivity index (χ0n) is 9.86. The van der Waals surface area contributed by atoms with Crippen molar-refractivity contribution in [2.45, 2.75) is 33.2 Å². The molecule has 5 heteroatoms. The molecule has 0 bridgehead atoms. The maximum absolute atomic E-state index is 11.8. The second-order valence-electron chi connectivity index (χ2n) is 3.49. The van der Waals surface area contributed by atoms with E-state index in [0.29, 0.717) is 13.1 Å². The summed E-state index contributed by atoms with van der Waals surface area (Å²) in [7, 11) is 1.51. The van der Waals surface area contributed by atoms with Crippen LogP contribution in [0.5, 0.6) is 0 Å². The molecule has 5 nitrogen and oxygen atoms in total. The first-order valence-electron chi connectivity index (χ1n) is 5.20. The molecule has 0 aliphatic carbocycles. The summed E-state index contributed by atoms with van der Waals surface area (Å²) in [6.07, 6.45) is 0.870. The van der Waals surface area contributed by atoms with Gasteiger partial charge in [0.05, 0.1) is 0 Å². The van der Waals surface area contributed by atoms with Gasteiger partial charge in [-0.1, -0.05) is 6.92 Å². The average molecular weight is 216 g/mol. The van der Waals surface area contributed by atoms with Crippen molar-refractivity contribution in [3.05, 3.63) is 0 Å². The number of carbonyl (C=O) groups is 2. The lowest BCUT2D eigenvalue weighted by molar-refractivity contribution is -0.141. The molecule has 0 heterocycles. The number of amides is 2. The zero-order chi connectivity index (χ0) is 12.0. The summed E-state index contributed by atoms with van der Waals surface area (Å²) >= 11 is 0. The third kappa shape index (κ3) is 3.77. The van der Waals surface area contributed by atoms with Gasteiger partial charge in [0.15, 0.2) is 0 Å². The summed E-state index contributed by atoms with van der Waals surface area (Å²) in [4.78, 5) is 25.4. The fraction of sp³-hybridized carbons (Fsp3) is 0.800. The molecule has 0 fully saturated rings. The summed E-state index contributed by atoms with van der Waals surface area (Å²) in [5, 5.41) is 8.77. The average Bonchev–Trinajstić information content (AvgIpc) is 2.22. The van der Waals surface area contributed by atoms with E-state index in [0.717, 1.165) is 6.42 Å². The summed E-state index contributed by atoms with van der Waals surface area (Å²) in [6, 6.07) is -1.02. The highest BCUT2D eigenvalue weighted by molar-refractivity contribution is 5.82. The van der Waals surface area contributed by atoms with Crippen LogP contribution in [0, 0.1) is 0 Å². The van der Waals surface area contributed by atoms with Crippen molar-refractivity contribution in [1.29, 1.82) is 0 Å². The minimum Gasteiger partial charge on any atom is -0.480 e. The first-order chi connectivity index (χ1) is 6.95. The largest absolute Gasteiger partial charge is 0.480 e. The highest BCUT2D eigenvalue weighted by Crippen LogP contribution is 2.03. The van der Waals surface area contributed by atoms with Crippen molar-refractivity contribution < 1.29 is 14.7 Å². The van der Waals surface area contributed by atoms with E-state index in [9.17, 15) is 9.59 Å². The number of carboxylic acids is 1. The molecule has 0 aromatic carbocycles. The van der Waals surface area contributed by atoms with Crippen LogP contribution < -0.4 is 0 Å². The van der Waals surface area contributed by atoms with Crippen molar-refractivity contribution in [1.82, 2.24) is 9.80 Å². The molecular formula is C10H20N2O3. The second-order valence-corrected chi connectivity index (χ2v) is 3.49. The highest BCUT2D eigenvalue weighted by Gasteiger charge is 2.24. The summed E-state index contributed by atoms with van der Waals surface area (Å²) in [6.45, 7) is 6.62. The molecule has 0 aliphatic heterocycles. The monoisotopic (exact) mass is 216 g/mol. The van der Waals surface area contributed by atoms with Crippen LogP contribution in [0.25, 0.3) is 0 Å². The molecule has 0 spiro atoms. The van der Waals surface area contributed by atoms with Gasteiger partial charge in [0.1, 0.15) is 6.04 Å². The first kappa shape index (κ1) is 13.7. The van der Waals surface area contributed by atoms with E-state index in [2.05, 4.69) is 0 Å². The van der Waals surface area contributed by atoms with Crippen LogP contribution in [0.3, 0.4) is 0 Å². The smallest absolute Gasteiger partial charge is 0.326 e. The minimum atomic E-state index is -0.988. The lowest BCUT2D eigenvalue weighted by Gasteiger charge is -2.29. The van der Waals surface area contributed by atoms with E-state index in [4.69, 9.17) is 5.11 Å². The number of carbonyl (C=O) groups excluding carboxylic acids is 1. The Balaban J connectivity index is 4.46. The number of urea groups is 1. The second kappa shape index (κ2) is 6.27. The van der Waals surface area contributed by atoms with E-state index in [1.165, 1.54) is 18.9 Å². The summed E-state index contributed by atoms with van der Waals surface area (Å²) in [5.41, 5.74) is 0. The van der Waals surface area contributed by atoms with Crippen LogP contribution >= 0.6 is 0 Å². The molecule has 0 aromatic rings. The molecule has 15 heavy (non-hydrogen) atoms. The molecule has 0 saturated carbocycles. The van der Waals surface area contributed by atoms with Gasteiger partial charge in [0.25, 0.3) is 0 Å². The Labute approximate surface area is 90.7 Å². The molecular weight excluding hydrogens is 196 g/mol. The maximum Gasteiger partial charge on any atom is 0.326 e. The Hall–Kier alpha value is -1.26. The molecule has 0 rings (SSSR count). The fourth-order valence-electron chi connectivity index (χ4n) is 1.21. The third-order valence-corrected chi connectivity index (χ3v) is 2.39. The number of hydrogen-bond acceptors (Lipinski definition) is 2. The molecule has 0 aromatic heterocycles. The van der Waals surface area contributed by atoms with Crippen molar-refractivity contribution in [2.24, 2.45) is 0 Å². The molecule has 2 amide bonds. The van der Waals surface area contributed by atoms with Crippen LogP contribution in [0.1, 0.15) is 27.2 Å². The minimum absolute atomic E-state index is 0.228. The van der Waals surface area contributed by atoms with Crippen LogP contribution in [-0.4, -0.2) is 53.1 Å². The van der Waals surface area contributed by atoms with Crippen molar-refractivity contribution in [2.75, 3.05) is 20.1 Å².